The molecule has 346 valence electrons. The quantitative estimate of drug-likeness (QED) is 0.0363. The first-order valence-corrected chi connectivity index (χ1v) is 21.4. The maximum absolute atomic E-state index is 14.5. The van der Waals surface area contributed by atoms with Crippen LogP contribution in [-0.2, 0) is 39.8 Å². The molecule has 1 aromatic heterocycles. The maximum Gasteiger partial charge on any atom is 0.305 e. The Morgan fingerprint density at radius 3 is 1.71 bits per heavy atom. The number of ether oxygens (including phenoxy) is 7. The van der Waals surface area contributed by atoms with Crippen LogP contribution in [0.15, 0.2) is 78.9 Å². The number of aromatic nitrogens is 1. The normalized spacial score (nSPS) is 12.4. The Morgan fingerprint density at radius 1 is 0.683 bits per heavy atom. The monoisotopic (exact) mass is 881 g/mol. The number of nitrogens with one attached hydrogen (secondary N) is 1. The van der Waals surface area contributed by atoms with E-state index < -0.39 is 30.4 Å². The van der Waals surface area contributed by atoms with E-state index in [2.05, 4.69) is 5.32 Å². The second-order valence-electron chi connectivity index (χ2n) is 14.9. The van der Waals surface area contributed by atoms with Crippen LogP contribution >= 0.6 is 0 Å². The van der Waals surface area contributed by atoms with Crippen molar-refractivity contribution < 1.29 is 62.5 Å². The van der Waals surface area contributed by atoms with E-state index in [9.17, 15) is 24.2 Å². The van der Waals surface area contributed by atoms with E-state index in [4.69, 9.17) is 44.0 Å². The van der Waals surface area contributed by atoms with Gasteiger partial charge in [-0.25, -0.2) is 4.39 Å². The van der Waals surface area contributed by atoms with Crippen molar-refractivity contribution in [1.29, 1.82) is 0 Å². The van der Waals surface area contributed by atoms with Gasteiger partial charge in [0.2, 0.25) is 0 Å². The highest BCUT2D eigenvalue weighted by atomic mass is 19.1. The first-order chi connectivity index (χ1) is 30.6. The van der Waals surface area contributed by atoms with Gasteiger partial charge in [-0.1, -0.05) is 44.2 Å². The third kappa shape index (κ3) is 18.1. The summed E-state index contributed by atoms with van der Waals surface area (Å²) in [7, 11) is 0. The molecule has 1 heterocycles. The van der Waals surface area contributed by atoms with Gasteiger partial charge in [0.05, 0.1) is 109 Å². The van der Waals surface area contributed by atoms with Crippen LogP contribution in [0.3, 0.4) is 0 Å². The first-order valence-electron chi connectivity index (χ1n) is 21.4. The number of nitrogens with two attached hydrogens (primary N) is 1. The summed E-state index contributed by atoms with van der Waals surface area (Å²) >= 11 is 0. The standard InChI is InChI=1S/C47H64FN3O12/c1-34(2)45-44(43(35-6-4-3-5-7-35)46(36-8-10-37(48)11-9-36)51(45)18-16-39(52)32-40(53)33-42(54)55)47(56)50-38-12-14-41(15-13-38)63-31-30-62-29-28-61-27-26-60-25-24-59-23-22-58-21-20-57-19-17-49/h3-15,34,39-40,52-53H,16-33,49H2,1-2H3,(H,50,56)(H,54,55)/t39-,40-/m1/s1. The Bertz CT molecular complexity index is 1890. The van der Waals surface area contributed by atoms with Crippen LogP contribution in [0, 0.1) is 5.82 Å². The number of carbonyl (C=O) groups excluding carboxylic acids is 1. The van der Waals surface area contributed by atoms with Crippen molar-refractivity contribution in [3.8, 4) is 28.1 Å². The highest BCUT2D eigenvalue weighted by molar-refractivity contribution is 6.12. The minimum Gasteiger partial charge on any atom is -0.491 e. The molecule has 0 saturated carbocycles. The van der Waals surface area contributed by atoms with Crippen molar-refractivity contribution in [2.24, 2.45) is 5.73 Å². The lowest BCUT2D eigenvalue weighted by atomic mass is 9.94. The highest BCUT2D eigenvalue weighted by Crippen LogP contribution is 2.42. The zero-order valence-electron chi connectivity index (χ0n) is 36.4. The van der Waals surface area contributed by atoms with Crippen LogP contribution in [0.5, 0.6) is 5.75 Å². The van der Waals surface area contributed by atoms with Gasteiger partial charge in [-0.05, 0) is 78.4 Å². The van der Waals surface area contributed by atoms with Crippen molar-refractivity contribution in [3.05, 3.63) is 95.9 Å². The molecule has 6 N–H and O–H groups in total. The summed E-state index contributed by atoms with van der Waals surface area (Å²) in [4.78, 5) is 25.6. The van der Waals surface area contributed by atoms with Gasteiger partial charge in [0.15, 0.2) is 0 Å². The smallest absolute Gasteiger partial charge is 0.305 e. The van der Waals surface area contributed by atoms with Crippen LogP contribution in [0.4, 0.5) is 10.1 Å². The summed E-state index contributed by atoms with van der Waals surface area (Å²) in [5.74, 6) is -1.52. The number of nitrogens with zero attached hydrogens (tertiary/aromatic N) is 1. The number of halogens is 1. The zero-order valence-corrected chi connectivity index (χ0v) is 36.4. The minimum atomic E-state index is -1.22. The van der Waals surface area contributed by atoms with E-state index in [1.165, 1.54) is 12.1 Å². The van der Waals surface area contributed by atoms with Gasteiger partial charge >= 0.3 is 5.97 Å². The molecule has 2 atom stereocenters. The lowest BCUT2D eigenvalue weighted by Crippen LogP contribution is -2.22. The Hall–Kier alpha value is -4.75. The number of aliphatic hydroxyl groups excluding tert-OH is 2. The van der Waals surface area contributed by atoms with Gasteiger partial charge in [-0.2, -0.15) is 0 Å². The SMILES string of the molecule is CC(C)c1c(C(=O)Nc2ccc(OCCOCCOCCOCCOCCOCCOCCN)cc2)c(-c2ccccc2)c(-c2ccc(F)cc2)n1CC[C@@H](O)C[C@@H](O)CC(=O)O. The first kappa shape index (κ1) is 50.9. The number of hydrogen-bond donors (Lipinski definition) is 5. The number of hydrogen-bond acceptors (Lipinski definition) is 12. The van der Waals surface area contributed by atoms with Crippen molar-refractivity contribution in [2.75, 3.05) is 97.8 Å². The number of rotatable bonds is 33. The summed E-state index contributed by atoms with van der Waals surface area (Å²) in [6.07, 6.45) is -2.69. The third-order valence-corrected chi connectivity index (χ3v) is 9.63. The van der Waals surface area contributed by atoms with Crippen LogP contribution in [-0.4, -0.2) is 136 Å². The Labute approximate surface area is 369 Å². The molecule has 4 rings (SSSR count). The fourth-order valence-electron chi connectivity index (χ4n) is 6.82. The summed E-state index contributed by atoms with van der Waals surface area (Å²) in [5.41, 5.74) is 9.75. The van der Waals surface area contributed by atoms with Crippen molar-refractivity contribution in [1.82, 2.24) is 4.57 Å². The van der Waals surface area contributed by atoms with E-state index in [1.807, 2.05) is 48.7 Å². The van der Waals surface area contributed by atoms with Crippen LogP contribution in [0.1, 0.15) is 55.1 Å². The summed E-state index contributed by atoms with van der Waals surface area (Å²) in [5, 5.41) is 33.3. The Morgan fingerprint density at radius 2 is 1.21 bits per heavy atom. The molecule has 0 aliphatic carbocycles. The molecule has 3 aromatic carbocycles. The molecule has 0 radical (unpaired) electrons. The number of benzene rings is 3. The number of aliphatic carboxylic acids is 1. The molecule has 0 unspecified atom stereocenters. The molecule has 63 heavy (non-hydrogen) atoms. The summed E-state index contributed by atoms with van der Waals surface area (Å²) < 4.78 is 54.8. The molecule has 0 spiro atoms. The van der Waals surface area contributed by atoms with Gasteiger partial charge in [0.25, 0.3) is 5.91 Å². The molecule has 0 bridgehead atoms. The average molecular weight is 882 g/mol. The second-order valence-corrected chi connectivity index (χ2v) is 14.9. The fourth-order valence-corrected chi connectivity index (χ4v) is 6.82. The van der Waals surface area contributed by atoms with E-state index >= 15 is 0 Å². The zero-order chi connectivity index (χ0) is 45.2. The van der Waals surface area contributed by atoms with E-state index in [1.54, 1.807) is 36.4 Å². The summed E-state index contributed by atoms with van der Waals surface area (Å²) in [6, 6.07) is 22.5. The molecular weight excluding hydrogens is 818 g/mol. The van der Waals surface area contributed by atoms with Gasteiger partial charge < -0.3 is 64.1 Å². The van der Waals surface area contributed by atoms with Crippen molar-refractivity contribution in [3.63, 3.8) is 0 Å². The average Bonchev–Trinajstić information content (AvgIpc) is 3.61. The second kappa shape index (κ2) is 28.8. The van der Waals surface area contributed by atoms with E-state index in [0.29, 0.717) is 132 Å². The molecule has 1 amide bonds. The predicted molar refractivity (Wildman–Crippen MR) is 237 cm³/mol. The number of carbonyl (C=O) groups is 2. The number of carboxylic acids is 1. The predicted octanol–water partition coefficient (Wildman–Crippen LogP) is 5.75. The van der Waals surface area contributed by atoms with Crippen LogP contribution in [0.25, 0.3) is 22.4 Å². The molecule has 0 aliphatic heterocycles. The van der Waals surface area contributed by atoms with Crippen molar-refractivity contribution in [2.45, 2.75) is 57.8 Å². The molecule has 0 aliphatic rings. The van der Waals surface area contributed by atoms with Crippen LogP contribution in [0.2, 0.25) is 0 Å². The Balaban J connectivity index is 1.30. The largest absolute Gasteiger partial charge is 0.491 e. The van der Waals surface area contributed by atoms with Gasteiger partial charge in [0, 0.05) is 30.0 Å². The topological polar surface area (TPSA) is 202 Å². The minimum absolute atomic E-state index is 0.127. The fraction of sp³-hybridized carbons (Fsp3) is 0.489. The lowest BCUT2D eigenvalue weighted by Gasteiger charge is -2.20. The van der Waals surface area contributed by atoms with Gasteiger partial charge in [-0.3, -0.25) is 9.59 Å². The van der Waals surface area contributed by atoms with E-state index in [-0.39, 0.29) is 31.2 Å². The molecule has 4 aromatic rings. The molecule has 0 fully saturated rings. The summed E-state index contributed by atoms with van der Waals surface area (Å²) in [6.45, 7) is 10.5. The maximum atomic E-state index is 14.5. The molecule has 0 saturated heterocycles. The lowest BCUT2D eigenvalue weighted by molar-refractivity contribution is -0.139. The van der Waals surface area contributed by atoms with E-state index in [0.717, 1.165) is 5.56 Å². The van der Waals surface area contributed by atoms with Crippen LogP contribution < -0.4 is 15.8 Å². The molecule has 15 nitrogen and oxygen atoms in total. The number of aliphatic hydroxyl groups is 2. The third-order valence-electron chi connectivity index (χ3n) is 9.63. The number of anilines is 1. The molecular formula is C47H64FN3O12. The van der Waals surface area contributed by atoms with Crippen molar-refractivity contribution >= 4 is 17.6 Å². The number of amides is 1. The van der Waals surface area contributed by atoms with Gasteiger partial charge in [-0.15, -0.1) is 0 Å². The Kier molecular flexibility index (Phi) is 23.3. The van der Waals surface area contributed by atoms with Gasteiger partial charge in [0.1, 0.15) is 18.2 Å². The molecule has 16 heteroatoms. The highest BCUT2D eigenvalue weighted by Gasteiger charge is 2.31. The number of carboxylic acid groups (broad SMARTS) is 1.